The largest absolute Gasteiger partial charge is 0.343 e. The van der Waals surface area contributed by atoms with Crippen molar-refractivity contribution in [1.29, 1.82) is 0 Å². The Morgan fingerprint density at radius 1 is 1.11 bits per heavy atom. The van der Waals surface area contributed by atoms with Gasteiger partial charge in [0.25, 0.3) is 0 Å². The predicted octanol–water partition coefficient (Wildman–Crippen LogP) is 2.95. The minimum Gasteiger partial charge on any atom is -0.343 e. The van der Waals surface area contributed by atoms with Gasteiger partial charge in [0.1, 0.15) is 0 Å². The van der Waals surface area contributed by atoms with Gasteiger partial charge >= 0.3 is 0 Å². The predicted molar refractivity (Wildman–Crippen MR) is 76.7 cm³/mol. The first-order valence-electron chi connectivity index (χ1n) is 7.73. The number of likely N-dealkylation sites (tertiary alicyclic amines) is 1. The quantitative estimate of drug-likeness (QED) is 0.675. The van der Waals surface area contributed by atoms with Crippen LogP contribution in [0, 0.1) is 0 Å². The second-order valence-corrected chi connectivity index (χ2v) is 5.46. The highest BCUT2D eigenvalue weighted by molar-refractivity contribution is 5.76. The smallest absolute Gasteiger partial charge is 0.222 e. The van der Waals surface area contributed by atoms with Gasteiger partial charge in [-0.25, -0.2) is 0 Å². The summed E-state index contributed by atoms with van der Waals surface area (Å²) in [6.45, 7) is 4.12. The molecule has 1 saturated heterocycles. The van der Waals surface area contributed by atoms with Crippen LogP contribution in [0.5, 0.6) is 0 Å². The second-order valence-electron chi connectivity index (χ2n) is 5.46. The van der Waals surface area contributed by atoms with E-state index in [-0.39, 0.29) is 0 Å². The summed E-state index contributed by atoms with van der Waals surface area (Å²) in [6.07, 6.45) is 10.5. The van der Waals surface area contributed by atoms with E-state index in [4.69, 9.17) is 0 Å². The molecule has 0 bridgehead atoms. The number of amides is 1. The van der Waals surface area contributed by atoms with E-state index in [0.717, 1.165) is 38.8 Å². The van der Waals surface area contributed by atoms with Gasteiger partial charge in [-0.3, -0.25) is 4.79 Å². The fourth-order valence-electron chi connectivity index (χ4n) is 2.63. The van der Waals surface area contributed by atoms with Crippen molar-refractivity contribution in [2.24, 2.45) is 0 Å². The molecule has 0 aliphatic carbocycles. The lowest BCUT2D eigenvalue weighted by Gasteiger charge is -2.31. The summed E-state index contributed by atoms with van der Waals surface area (Å²) in [5, 5.41) is 3.30. The van der Waals surface area contributed by atoms with E-state index in [1.165, 1.54) is 32.1 Å². The molecule has 18 heavy (non-hydrogen) atoms. The minimum absolute atomic E-state index is 0.375. The highest BCUT2D eigenvalue weighted by Gasteiger charge is 2.20. The number of piperidine rings is 1. The van der Waals surface area contributed by atoms with Crippen LogP contribution in [-0.2, 0) is 4.79 Å². The molecule has 3 heteroatoms. The lowest BCUT2D eigenvalue weighted by atomic mass is 10.0. The fourth-order valence-corrected chi connectivity index (χ4v) is 2.63. The van der Waals surface area contributed by atoms with Gasteiger partial charge in [0, 0.05) is 25.6 Å². The molecular weight excluding hydrogens is 224 g/mol. The van der Waals surface area contributed by atoms with E-state index >= 15 is 0 Å². The number of hydrogen-bond donors (Lipinski definition) is 1. The van der Waals surface area contributed by atoms with Gasteiger partial charge < -0.3 is 10.2 Å². The highest BCUT2D eigenvalue weighted by Crippen LogP contribution is 2.13. The molecule has 0 atom stereocenters. The van der Waals surface area contributed by atoms with Crippen molar-refractivity contribution in [2.45, 2.75) is 70.8 Å². The van der Waals surface area contributed by atoms with Gasteiger partial charge in [0.2, 0.25) is 5.91 Å². The zero-order chi connectivity index (χ0) is 13.2. The lowest BCUT2D eigenvalue weighted by molar-refractivity contribution is -0.132. The Bertz CT molecular complexity index is 223. The van der Waals surface area contributed by atoms with Crippen molar-refractivity contribution in [1.82, 2.24) is 10.2 Å². The van der Waals surface area contributed by atoms with Gasteiger partial charge in [-0.05, 0) is 26.3 Å². The minimum atomic E-state index is 0.375. The third-order valence-electron chi connectivity index (χ3n) is 4.00. The molecule has 0 spiro atoms. The van der Waals surface area contributed by atoms with Gasteiger partial charge in [-0.2, -0.15) is 0 Å². The molecular formula is C15H30N2O. The summed E-state index contributed by atoms with van der Waals surface area (Å²) in [6, 6.07) is 0.614. The average Bonchev–Trinajstić information content (AvgIpc) is 2.42. The van der Waals surface area contributed by atoms with Crippen molar-refractivity contribution in [2.75, 3.05) is 20.1 Å². The molecule has 1 aliphatic rings. The van der Waals surface area contributed by atoms with Crippen LogP contribution in [0.15, 0.2) is 0 Å². The molecule has 1 aliphatic heterocycles. The number of unbranched alkanes of at least 4 members (excludes halogenated alkanes) is 5. The van der Waals surface area contributed by atoms with Crippen LogP contribution in [0.3, 0.4) is 0 Å². The first-order chi connectivity index (χ1) is 8.77. The number of nitrogens with one attached hydrogen (secondary N) is 1. The molecule has 0 aromatic rings. The Hall–Kier alpha value is -0.570. The maximum Gasteiger partial charge on any atom is 0.222 e. The van der Waals surface area contributed by atoms with Gasteiger partial charge in [0.05, 0.1) is 0 Å². The summed E-state index contributed by atoms with van der Waals surface area (Å²) in [4.78, 5) is 14.0. The van der Waals surface area contributed by atoms with E-state index in [1.807, 2.05) is 7.05 Å². The van der Waals surface area contributed by atoms with Crippen LogP contribution in [0.4, 0.5) is 0 Å². The third-order valence-corrected chi connectivity index (χ3v) is 4.00. The Kier molecular flexibility index (Phi) is 8.06. The Balaban J connectivity index is 2.03. The van der Waals surface area contributed by atoms with E-state index in [0.29, 0.717) is 11.9 Å². The summed E-state index contributed by atoms with van der Waals surface area (Å²) in [7, 11) is 2.01. The van der Waals surface area contributed by atoms with E-state index in [2.05, 4.69) is 17.1 Å². The van der Waals surface area contributed by atoms with E-state index < -0.39 is 0 Å². The standard InChI is InChI=1S/C15H30N2O/c1-3-4-5-6-7-8-9-15(18)17-12-10-14(16-2)11-13-17/h14,16H,3-13H2,1-2H3. The van der Waals surface area contributed by atoms with Crippen LogP contribution in [0.25, 0.3) is 0 Å². The Labute approximate surface area is 112 Å². The summed E-state index contributed by atoms with van der Waals surface area (Å²) in [5.41, 5.74) is 0. The average molecular weight is 254 g/mol. The summed E-state index contributed by atoms with van der Waals surface area (Å²) in [5.74, 6) is 0.375. The molecule has 1 amide bonds. The van der Waals surface area contributed by atoms with E-state index in [1.54, 1.807) is 0 Å². The van der Waals surface area contributed by atoms with Crippen LogP contribution in [0.2, 0.25) is 0 Å². The van der Waals surface area contributed by atoms with Gasteiger partial charge in [-0.1, -0.05) is 39.0 Å². The van der Waals surface area contributed by atoms with Crippen molar-refractivity contribution in [3.63, 3.8) is 0 Å². The van der Waals surface area contributed by atoms with Crippen molar-refractivity contribution >= 4 is 5.91 Å². The van der Waals surface area contributed by atoms with Crippen LogP contribution < -0.4 is 5.32 Å². The highest BCUT2D eigenvalue weighted by atomic mass is 16.2. The molecule has 1 heterocycles. The number of carbonyl (C=O) groups excluding carboxylic acids is 1. The van der Waals surface area contributed by atoms with Crippen molar-refractivity contribution in [3.05, 3.63) is 0 Å². The van der Waals surface area contributed by atoms with Crippen LogP contribution in [-0.4, -0.2) is 37.0 Å². The molecule has 106 valence electrons. The molecule has 1 N–H and O–H groups in total. The normalized spacial score (nSPS) is 17.1. The maximum atomic E-state index is 12.0. The summed E-state index contributed by atoms with van der Waals surface area (Å²) >= 11 is 0. The molecule has 0 unspecified atom stereocenters. The molecule has 1 rings (SSSR count). The van der Waals surface area contributed by atoms with E-state index in [9.17, 15) is 4.79 Å². The number of carbonyl (C=O) groups is 1. The fraction of sp³-hybridized carbons (Fsp3) is 0.933. The molecule has 0 saturated carbocycles. The SMILES string of the molecule is CCCCCCCCC(=O)N1CCC(NC)CC1. The monoisotopic (exact) mass is 254 g/mol. The Morgan fingerprint density at radius 2 is 1.72 bits per heavy atom. The number of nitrogens with zero attached hydrogens (tertiary/aromatic N) is 1. The molecule has 1 fully saturated rings. The van der Waals surface area contributed by atoms with Crippen LogP contribution in [0.1, 0.15) is 64.7 Å². The Morgan fingerprint density at radius 3 is 2.33 bits per heavy atom. The van der Waals surface area contributed by atoms with Gasteiger partial charge in [-0.15, -0.1) is 0 Å². The summed E-state index contributed by atoms with van der Waals surface area (Å²) < 4.78 is 0. The second kappa shape index (κ2) is 9.37. The molecule has 0 radical (unpaired) electrons. The number of rotatable bonds is 8. The van der Waals surface area contributed by atoms with Crippen molar-refractivity contribution < 1.29 is 4.79 Å². The molecule has 0 aromatic carbocycles. The third kappa shape index (κ3) is 5.85. The molecule has 0 aromatic heterocycles. The zero-order valence-corrected chi connectivity index (χ0v) is 12.2. The lowest BCUT2D eigenvalue weighted by Crippen LogP contribution is -2.43. The van der Waals surface area contributed by atoms with Crippen molar-refractivity contribution in [3.8, 4) is 0 Å². The topological polar surface area (TPSA) is 32.3 Å². The zero-order valence-electron chi connectivity index (χ0n) is 12.2. The van der Waals surface area contributed by atoms with Gasteiger partial charge in [0.15, 0.2) is 0 Å². The first-order valence-corrected chi connectivity index (χ1v) is 7.73. The number of hydrogen-bond acceptors (Lipinski definition) is 2. The van der Waals surface area contributed by atoms with Crippen LogP contribution >= 0.6 is 0 Å². The first kappa shape index (κ1) is 15.5. The maximum absolute atomic E-state index is 12.0. The molecule has 3 nitrogen and oxygen atoms in total.